The average molecular weight is 165 g/mol. The zero-order valence-corrected chi connectivity index (χ0v) is 6.24. The monoisotopic (exact) mass is 165 g/mol. The molecule has 1 aliphatic rings. The lowest BCUT2D eigenvalue weighted by Gasteiger charge is -1.97. The molecular weight excluding hydrogens is 158 g/mol. The summed E-state index contributed by atoms with van der Waals surface area (Å²) in [6.45, 7) is 0. The first-order valence-electron chi connectivity index (χ1n) is 3.64. The molecule has 0 saturated carbocycles. The topological polar surface area (TPSA) is 59.2 Å². The van der Waals surface area contributed by atoms with E-state index < -0.39 is 17.9 Å². The number of aromatic amines is 1. The van der Waals surface area contributed by atoms with Gasteiger partial charge in [-0.15, -0.1) is 0 Å². The molecule has 0 aromatic carbocycles. The molecule has 0 radical (unpaired) electrons. The number of esters is 2. The van der Waals surface area contributed by atoms with Crippen molar-refractivity contribution in [1.82, 2.24) is 4.98 Å². The minimum atomic E-state index is -0.445. The van der Waals surface area contributed by atoms with E-state index in [4.69, 9.17) is 0 Å². The van der Waals surface area contributed by atoms with Crippen LogP contribution in [0, 0.1) is 0 Å². The van der Waals surface area contributed by atoms with Crippen molar-refractivity contribution in [2.75, 3.05) is 0 Å². The normalized spacial score (nSPS) is 22.8. The number of hydrogen-bond donors (Lipinski definition) is 1. The predicted molar refractivity (Wildman–Crippen MR) is 39.2 cm³/mol. The lowest BCUT2D eigenvalue weighted by atomic mass is 10.0. The van der Waals surface area contributed by atoms with E-state index in [1.165, 1.54) is 0 Å². The fraction of sp³-hybridized carbons (Fsp3) is 0.250. The third-order valence-corrected chi connectivity index (χ3v) is 1.89. The average Bonchev–Trinajstić information content (AvgIpc) is 2.58. The van der Waals surface area contributed by atoms with Crippen LogP contribution in [0.15, 0.2) is 18.5 Å². The maximum absolute atomic E-state index is 11.0. The van der Waals surface area contributed by atoms with Gasteiger partial charge in [0.2, 0.25) is 0 Å². The summed E-state index contributed by atoms with van der Waals surface area (Å²) in [5.41, 5.74) is 0.811. The summed E-state index contributed by atoms with van der Waals surface area (Å²) < 4.78 is 4.41. The second kappa shape index (κ2) is 2.48. The van der Waals surface area contributed by atoms with E-state index >= 15 is 0 Å². The van der Waals surface area contributed by atoms with E-state index in [2.05, 4.69) is 9.72 Å². The molecule has 0 amide bonds. The second-order valence-electron chi connectivity index (χ2n) is 2.69. The molecule has 1 fully saturated rings. The first-order chi connectivity index (χ1) is 5.77. The van der Waals surface area contributed by atoms with Crippen LogP contribution in [0.1, 0.15) is 17.9 Å². The lowest BCUT2D eigenvalue weighted by Crippen LogP contribution is -2.04. The number of ether oxygens (including phenoxy) is 1. The fourth-order valence-corrected chi connectivity index (χ4v) is 1.28. The second-order valence-corrected chi connectivity index (χ2v) is 2.69. The van der Waals surface area contributed by atoms with Crippen molar-refractivity contribution in [3.8, 4) is 0 Å². The SMILES string of the molecule is O=C1CC(c2cc[nH]c2)C(=O)O1. The molecule has 4 heteroatoms. The molecule has 1 atom stereocenters. The van der Waals surface area contributed by atoms with Gasteiger partial charge in [0.05, 0.1) is 12.3 Å². The number of rotatable bonds is 1. The molecule has 1 N–H and O–H groups in total. The summed E-state index contributed by atoms with van der Waals surface area (Å²) in [5.74, 6) is -1.28. The van der Waals surface area contributed by atoms with Crippen molar-refractivity contribution in [2.45, 2.75) is 12.3 Å². The molecule has 4 nitrogen and oxygen atoms in total. The first kappa shape index (κ1) is 7.09. The molecule has 0 bridgehead atoms. The summed E-state index contributed by atoms with van der Waals surface area (Å²) in [7, 11) is 0. The highest BCUT2D eigenvalue weighted by Gasteiger charge is 2.34. The number of hydrogen-bond acceptors (Lipinski definition) is 3. The number of cyclic esters (lactones) is 2. The molecule has 0 spiro atoms. The summed E-state index contributed by atoms with van der Waals surface area (Å²) in [4.78, 5) is 24.6. The molecule has 1 aromatic heterocycles. The summed E-state index contributed by atoms with van der Waals surface area (Å²) in [6, 6.07) is 1.77. The van der Waals surface area contributed by atoms with Gasteiger partial charge < -0.3 is 9.72 Å². The molecule has 2 rings (SSSR count). The number of carbonyl (C=O) groups is 2. The highest BCUT2D eigenvalue weighted by Crippen LogP contribution is 2.26. The highest BCUT2D eigenvalue weighted by atomic mass is 16.6. The van der Waals surface area contributed by atoms with E-state index in [9.17, 15) is 9.59 Å². The quantitative estimate of drug-likeness (QED) is 0.489. The van der Waals surface area contributed by atoms with Gasteiger partial charge in [-0.3, -0.25) is 9.59 Å². The molecule has 1 unspecified atom stereocenters. The maximum Gasteiger partial charge on any atom is 0.321 e. The van der Waals surface area contributed by atoms with Gasteiger partial charge in [-0.05, 0) is 11.6 Å². The van der Waals surface area contributed by atoms with Gasteiger partial charge in [0, 0.05) is 12.4 Å². The van der Waals surface area contributed by atoms with Crippen LogP contribution in [0.25, 0.3) is 0 Å². The van der Waals surface area contributed by atoms with Crippen molar-refractivity contribution < 1.29 is 14.3 Å². The zero-order chi connectivity index (χ0) is 8.55. The van der Waals surface area contributed by atoms with Crippen molar-refractivity contribution in [1.29, 1.82) is 0 Å². The van der Waals surface area contributed by atoms with E-state index in [-0.39, 0.29) is 6.42 Å². The Bertz CT molecular complexity index is 315. The van der Waals surface area contributed by atoms with Gasteiger partial charge >= 0.3 is 11.9 Å². The van der Waals surface area contributed by atoms with Gasteiger partial charge in [0.25, 0.3) is 0 Å². The largest absolute Gasteiger partial charge is 0.393 e. The van der Waals surface area contributed by atoms with Crippen LogP contribution in [0.5, 0.6) is 0 Å². The number of H-pyrrole nitrogens is 1. The first-order valence-corrected chi connectivity index (χ1v) is 3.64. The fourth-order valence-electron chi connectivity index (χ4n) is 1.28. The molecule has 1 aromatic rings. The van der Waals surface area contributed by atoms with E-state index in [0.717, 1.165) is 5.56 Å². The molecule has 0 aliphatic carbocycles. The highest BCUT2D eigenvalue weighted by molar-refractivity contribution is 5.97. The third-order valence-electron chi connectivity index (χ3n) is 1.89. The minimum Gasteiger partial charge on any atom is -0.393 e. The van der Waals surface area contributed by atoms with Crippen molar-refractivity contribution in [3.63, 3.8) is 0 Å². The number of carbonyl (C=O) groups excluding carboxylic acids is 2. The zero-order valence-electron chi connectivity index (χ0n) is 6.24. The predicted octanol–water partition coefficient (Wildman–Crippen LogP) is 0.572. The minimum absolute atomic E-state index is 0.163. The molecule has 2 heterocycles. The van der Waals surface area contributed by atoms with Crippen LogP contribution in [0.4, 0.5) is 0 Å². The van der Waals surface area contributed by atoms with E-state index in [1.54, 1.807) is 18.5 Å². The van der Waals surface area contributed by atoms with Crippen LogP contribution >= 0.6 is 0 Å². The third kappa shape index (κ3) is 1.01. The Kier molecular flexibility index (Phi) is 1.46. The molecular formula is C8H7NO3. The molecule has 1 aliphatic heterocycles. The maximum atomic E-state index is 11.0. The smallest absolute Gasteiger partial charge is 0.321 e. The summed E-state index contributed by atoms with van der Waals surface area (Å²) in [5, 5.41) is 0. The van der Waals surface area contributed by atoms with Crippen molar-refractivity contribution >= 4 is 11.9 Å². The van der Waals surface area contributed by atoms with Crippen LogP contribution < -0.4 is 0 Å². The number of nitrogens with one attached hydrogen (secondary N) is 1. The Morgan fingerprint density at radius 1 is 1.50 bits per heavy atom. The van der Waals surface area contributed by atoms with Gasteiger partial charge in [-0.25, -0.2) is 0 Å². The molecule has 62 valence electrons. The van der Waals surface area contributed by atoms with Gasteiger partial charge in [-0.1, -0.05) is 0 Å². The summed E-state index contributed by atoms with van der Waals surface area (Å²) >= 11 is 0. The Hall–Kier alpha value is -1.58. The van der Waals surface area contributed by atoms with Crippen LogP contribution in [-0.4, -0.2) is 16.9 Å². The Balaban J connectivity index is 2.26. The number of aromatic nitrogens is 1. The standard InChI is InChI=1S/C8H7NO3/c10-7-3-6(8(11)12-7)5-1-2-9-4-5/h1-2,4,6,9H,3H2. The lowest BCUT2D eigenvalue weighted by molar-refractivity contribution is -0.152. The van der Waals surface area contributed by atoms with E-state index in [0.29, 0.717) is 0 Å². The summed E-state index contributed by atoms with van der Waals surface area (Å²) in [6.07, 6.45) is 3.58. The van der Waals surface area contributed by atoms with Crippen LogP contribution in [0.2, 0.25) is 0 Å². The molecule has 12 heavy (non-hydrogen) atoms. The van der Waals surface area contributed by atoms with Crippen LogP contribution in [-0.2, 0) is 14.3 Å². The van der Waals surface area contributed by atoms with Gasteiger partial charge in [0.15, 0.2) is 0 Å². The van der Waals surface area contributed by atoms with Crippen molar-refractivity contribution in [2.24, 2.45) is 0 Å². The van der Waals surface area contributed by atoms with Crippen LogP contribution in [0.3, 0.4) is 0 Å². The van der Waals surface area contributed by atoms with E-state index in [1.807, 2.05) is 0 Å². The van der Waals surface area contributed by atoms with Gasteiger partial charge in [-0.2, -0.15) is 0 Å². The molecule has 1 saturated heterocycles. The van der Waals surface area contributed by atoms with Gasteiger partial charge in [0.1, 0.15) is 0 Å². The Morgan fingerprint density at radius 2 is 2.33 bits per heavy atom. The Labute approximate surface area is 68.5 Å². The van der Waals surface area contributed by atoms with Crippen molar-refractivity contribution in [3.05, 3.63) is 24.0 Å². The Morgan fingerprint density at radius 3 is 2.83 bits per heavy atom.